The first-order chi connectivity index (χ1) is 7.08. The smallest absolute Gasteiger partial charge is 0.307 e. The number of allylic oxidation sites excluding steroid dienone is 1. The first kappa shape index (κ1) is 12.9. The van der Waals surface area contributed by atoms with Crippen LogP contribution in [0.2, 0.25) is 0 Å². The average molecular weight is 234 g/mol. The van der Waals surface area contributed by atoms with Crippen LogP contribution >= 0.6 is 7.60 Å². The summed E-state index contributed by atoms with van der Waals surface area (Å²) in [7, 11) is -1.92. The zero-order valence-electron chi connectivity index (χ0n) is 9.40. The molecular weight excluding hydrogens is 215 g/mol. The van der Waals surface area contributed by atoms with E-state index in [1.165, 1.54) is 13.5 Å². The summed E-state index contributed by atoms with van der Waals surface area (Å²) < 4.78 is 21.6. The topological polar surface area (TPSA) is 44.8 Å². The van der Waals surface area contributed by atoms with E-state index in [0.717, 1.165) is 25.7 Å². The minimum absolute atomic E-state index is 0.0431. The van der Waals surface area contributed by atoms with E-state index < -0.39 is 7.60 Å². The molecular formula is C10H19O4P. The molecule has 5 heteroatoms. The Kier molecular flexibility index (Phi) is 5.00. The monoisotopic (exact) mass is 234 g/mol. The first-order valence-corrected chi connectivity index (χ1v) is 6.79. The van der Waals surface area contributed by atoms with Gasteiger partial charge < -0.3 is 4.52 Å². The molecule has 0 saturated heterocycles. The van der Waals surface area contributed by atoms with Gasteiger partial charge in [0.25, 0.3) is 0 Å². The Bertz CT molecular complexity index is 258. The van der Waals surface area contributed by atoms with Crippen LogP contribution in [0.25, 0.3) is 0 Å². The first-order valence-electron chi connectivity index (χ1n) is 5.25. The molecule has 0 aromatic rings. The zero-order chi connectivity index (χ0) is 11.3. The molecule has 0 bridgehead atoms. The highest BCUT2D eigenvalue weighted by Crippen LogP contribution is 2.54. The van der Waals surface area contributed by atoms with E-state index in [-0.39, 0.29) is 6.10 Å². The SMILES string of the molecule is C=C(C)P(=O)(OC)OOC1CCCCC1. The Balaban J connectivity index is 2.39. The average Bonchev–Trinajstić information content (AvgIpc) is 2.27. The fourth-order valence-electron chi connectivity index (χ4n) is 1.53. The van der Waals surface area contributed by atoms with E-state index in [9.17, 15) is 4.57 Å². The predicted octanol–water partition coefficient (Wildman–Crippen LogP) is 3.64. The van der Waals surface area contributed by atoms with Crippen LogP contribution in [0.4, 0.5) is 0 Å². The molecule has 1 unspecified atom stereocenters. The molecule has 88 valence electrons. The van der Waals surface area contributed by atoms with Crippen LogP contribution in [0.15, 0.2) is 11.9 Å². The van der Waals surface area contributed by atoms with Crippen molar-refractivity contribution >= 4 is 7.60 Å². The summed E-state index contributed by atoms with van der Waals surface area (Å²) in [6.07, 6.45) is 5.47. The number of hydrogen-bond acceptors (Lipinski definition) is 4. The zero-order valence-corrected chi connectivity index (χ0v) is 10.3. The highest BCUT2D eigenvalue weighted by molar-refractivity contribution is 7.58. The lowest BCUT2D eigenvalue weighted by Gasteiger charge is -2.23. The Hall–Kier alpha value is -0.150. The third kappa shape index (κ3) is 3.72. The molecule has 15 heavy (non-hydrogen) atoms. The molecule has 0 heterocycles. The van der Waals surface area contributed by atoms with Gasteiger partial charge in [0.2, 0.25) is 0 Å². The largest absolute Gasteiger partial charge is 0.383 e. The van der Waals surface area contributed by atoms with E-state index in [0.29, 0.717) is 5.31 Å². The second-order valence-corrected chi connectivity index (χ2v) is 6.12. The lowest BCUT2D eigenvalue weighted by Crippen LogP contribution is -2.16. The molecule has 0 spiro atoms. The summed E-state index contributed by atoms with van der Waals surface area (Å²) in [4.78, 5) is 5.15. The lowest BCUT2D eigenvalue weighted by molar-refractivity contribution is -0.256. The maximum Gasteiger partial charge on any atom is 0.383 e. The third-order valence-electron chi connectivity index (χ3n) is 2.54. The van der Waals surface area contributed by atoms with Gasteiger partial charge in [0.05, 0.1) is 6.10 Å². The molecule has 1 atom stereocenters. The molecule has 1 fully saturated rings. The number of rotatable bonds is 5. The van der Waals surface area contributed by atoms with Crippen molar-refractivity contribution < 1.29 is 18.7 Å². The molecule has 0 amide bonds. The van der Waals surface area contributed by atoms with Crippen molar-refractivity contribution in [3.05, 3.63) is 11.9 Å². The highest BCUT2D eigenvalue weighted by atomic mass is 31.2. The standard InChI is InChI=1S/C10H19O4P/c1-9(2)15(11,12-3)14-13-10-7-5-4-6-8-10/h10H,1,4-8H2,2-3H3. The molecule has 0 aromatic carbocycles. The molecule has 0 aromatic heterocycles. The van der Waals surface area contributed by atoms with Gasteiger partial charge in [0, 0.05) is 12.4 Å². The molecule has 4 nitrogen and oxygen atoms in total. The van der Waals surface area contributed by atoms with Crippen molar-refractivity contribution in [2.75, 3.05) is 7.11 Å². The van der Waals surface area contributed by atoms with Crippen molar-refractivity contribution in [1.82, 2.24) is 0 Å². The maximum absolute atomic E-state index is 11.9. The van der Waals surface area contributed by atoms with Crippen molar-refractivity contribution in [2.45, 2.75) is 45.1 Å². The molecule has 1 saturated carbocycles. The van der Waals surface area contributed by atoms with Crippen molar-refractivity contribution in [3.63, 3.8) is 0 Å². The minimum Gasteiger partial charge on any atom is -0.307 e. The molecule has 0 N–H and O–H groups in total. The van der Waals surface area contributed by atoms with Crippen LogP contribution in [-0.4, -0.2) is 13.2 Å². The summed E-state index contributed by atoms with van der Waals surface area (Å²) >= 11 is 0. The van der Waals surface area contributed by atoms with Crippen LogP contribution < -0.4 is 0 Å². The van der Waals surface area contributed by atoms with Crippen molar-refractivity contribution in [1.29, 1.82) is 0 Å². The van der Waals surface area contributed by atoms with Gasteiger partial charge in [0.15, 0.2) is 0 Å². The van der Waals surface area contributed by atoms with Gasteiger partial charge in [-0.2, -0.15) is 0 Å². The summed E-state index contributed by atoms with van der Waals surface area (Å²) in [5.41, 5.74) is 0. The van der Waals surface area contributed by atoms with Gasteiger partial charge in [-0.25, -0.2) is 4.89 Å². The second-order valence-electron chi connectivity index (χ2n) is 3.85. The summed E-state index contributed by atoms with van der Waals surface area (Å²) in [6.45, 7) is 5.17. The van der Waals surface area contributed by atoms with Crippen LogP contribution in [0.3, 0.4) is 0 Å². The second kappa shape index (κ2) is 5.80. The van der Waals surface area contributed by atoms with Crippen LogP contribution in [0, 0.1) is 0 Å². The molecule has 0 aliphatic heterocycles. The van der Waals surface area contributed by atoms with Gasteiger partial charge >= 0.3 is 7.60 Å². The van der Waals surface area contributed by atoms with Crippen molar-refractivity contribution in [2.24, 2.45) is 0 Å². The fourth-order valence-corrected chi connectivity index (χ4v) is 2.26. The van der Waals surface area contributed by atoms with Gasteiger partial charge in [0.1, 0.15) is 0 Å². The summed E-state index contributed by atoms with van der Waals surface area (Å²) in [5.74, 6) is 0. The van der Waals surface area contributed by atoms with E-state index in [2.05, 4.69) is 6.58 Å². The Morgan fingerprint density at radius 3 is 2.40 bits per heavy atom. The lowest BCUT2D eigenvalue weighted by atomic mass is 9.98. The summed E-state index contributed by atoms with van der Waals surface area (Å²) in [6, 6.07) is 0. The normalized spacial score (nSPS) is 22.3. The van der Waals surface area contributed by atoms with Gasteiger partial charge in [-0.1, -0.05) is 25.8 Å². The number of hydrogen-bond donors (Lipinski definition) is 0. The van der Waals surface area contributed by atoms with Crippen molar-refractivity contribution in [3.8, 4) is 0 Å². The Morgan fingerprint density at radius 1 is 1.33 bits per heavy atom. The van der Waals surface area contributed by atoms with Crippen LogP contribution in [-0.2, 0) is 18.7 Å². The molecule has 0 radical (unpaired) electrons. The Morgan fingerprint density at radius 2 is 1.93 bits per heavy atom. The van der Waals surface area contributed by atoms with Crippen LogP contribution in [0.5, 0.6) is 0 Å². The molecule has 1 rings (SSSR count). The predicted molar refractivity (Wildman–Crippen MR) is 58.5 cm³/mol. The molecule has 1 aliphatic rings. The third-order valence-corrected chi connectivity index (χ3v) is 4.24. The van der Waals surface area contributed by atoms with E-state index in [1.807, 2.05) is 0 Å². The van der Waals surface area contributed by atoms with Crippen LogP contribution in [0.1, 0.15) is 39.0 Å². The van der Waals surface area contributed by atoms with Gasteiger partial charge in [-0.15, -0.1) is 4.67 Å². The van der Waals surface area contributed by atoms with E-state index in [4.69, 9.17) is 14.1 Å². The van der Waals surface area contributed by atoms with E-state index in [1.54, 1.807) is 6.92 Å². The quantitative estimate of drug-likeness (QED) is 0.414. The highest BCUT2D eigenvalue weighted by Gasteiger charge is 2.28. The van der Waals surface area contributed by atoms with E-state index >= 15 is 0 Å². The maximum atomic E-state index is 11.9. The summed E-state index contributed by atoms with van der Waals surface area (Å²) in [5, 5.41) is 0.362. The molecule has 1 aliphatic carbocycles. The minimum atomic E-state index is -3.26. The van der Waals surface area contributed by atoms with Gasteiger partial charge in [-0.3, -0.25) is 4.57 Å². The Labute approximate surface area is 91.1 Å². The van der Waals surface area contributed by atoms with Gasteiger partial charge in [-0.05, 0) is 19.8 Å². The fraction of sp³-hybridized carbons (Fsp3) is 0.800.